The Labute approximate surface area is 157 Å². The first-order valence-electron chi connectivity index (χ1n) is 9.42. The van der Waals surface area contributed by atoms with Gasteiger partial charge >= 0.3 is 10.2 Å². The number of nitrogens with zero attached hydrogens (tertiary/aromatic N) is 2. The number of hydrogen-bond acceptors (Lipinski definition) is 6. The van der Waals surface area contributed by atoms with Gasteiger partial charge in [-0.1, -0.05) is 0 Å². The van der Waals surface area contributed by atoms with E-state index in [1.54, 1.807) is 0 Å². The predicted molar refractivity (Wildman–Crippen MR) is 90.9 cm³/mol. The van der Waals surface area contributed by atoms with Crippen LogP contribution in [0.4, 0.5) is 4.39 Å². The maximum atomic E-state index is 15.4. The second-order valence-corrected chi connectivity index (χ2v) is 10.00. The van der Waals surface area contributed by atoms with Crippen LogP contribution >= 0.6 is 0 Å². The Kier molecular flexibility index (Phi) is 4.70. The zero-order valence-corrected chi connectivity index (χ0v) is 15.7. The number of nitrogens with one attached hydrogen (secondary N) is 1. The van der Waals surface area contributed by atoms with Crippen molar-refractivity contribution < 1.29 is 27.4 Å². The van der Waals surface area contributed by atoms with E-state index >= 15 is 4.39 Å². The van der Waals surface area contributed by atoms with Crippen LogP contribution < -0.4 is 4.72 Å². The Bertz CT molecular complexity index is 765. The zero-order chi connectivity index (χ0) is 19.4. The highest BCUT2D eigenvalue weighted by atomic mass is 32.2. The molecule has 1 amide bonds. The van der Waals surface area contributed by atoms with Crippen molar-refractivity contribution in [2.75, 3.05) is 13.2 Å². The summed E-state index contributed by atoms with van der Waals surface area (Å²) in [5.74, 6) is -1.18. The monoisotopic (exact) mass is 401 g/mol. The number of hydrogen-bond donors (Lipinski definition) is 2. The third kappa shape index (κ3) is 3.46. The van der Waals surface area contributed by atoms with Crippen LogP contribution in [0, 0.1) is 28.6 Å². The molecule has 150 valence electrons. The van der Waals surface area contributed by atoms with Crippen LogP contribution in [0.1, 0.15) is 38.5 Å². The van der Waals surface area contributed by atoms with Crippen LogP contribution in [0.3, 0.4) is 0 Å². The smallest absolute Gasteiger partial charge is 0.304 e. The van der Waals surface area contributed by atoms with E-state index in [4.69, 9.17) is 10.00 Å². The number of halogens is 1. The summed E-state index contributed by atoms with van der Waals surface area (Å²) in [6, 6.07) is 1.01. The highest BCUT2D eigenvalue weighted by Crippen LogP contribution is 2.48. The molecule has 1 saturated heterocycles. The molecule has 4 fully saturated rings. The molecule has 0 spiro atoms. The van der Waals surface area contributed by atoms with Crippen LogP contribution in [0.15, 0.2) is 0 Å². The van der Waals surface area contributed by atoms with Crippen LogP contribution in [0.2, 0.25) is 0 Å². The topological polar surface area (TPSA) is 120 Å². The summed E-state index contributed by atoms with van der Waals surface area (Å²) in [5, 5.41) is 19.6. The SMILES string of the molecule is N#CC1(COC2CCC3CC(O)C(N4CC(=O)NS4(=O)=O)C(F)C3C2)CC1. The largest absolute Gasteiger partial charge is 0.391 e. The molecule has 1 heterocycles. The minimum absolute atomic E-state index is 0.0362. The molecular weight excluding hydrogens is 377 g/mol. The molecule has 8 nitrogen and oxygen atoms in total. The van der Waals surface area contributed by atoms with Crippen LogP contribution in [-0.4, -0.2) is 61.3 Å². The van der Waals surface area contributed by atoms with Crippen molar-refractivity contribution >= 4 is 16.1 Å². The van der Waals surface area contributed by atoms with Gasteiger partial charge in [0.05, 0.1) is 42.9 Å². The molecule has 2 N–H and O–H groups in total. The first-order chi connectivity index (χ1) is 12.7. The summed E-state index contributed by atoms with van der Waals surface area (Å²) >= 11 is 0. The minimum Gasteiger partial charge on any atom is -0.391 e. The molecular formula is C17H24FN3O5S. The van der Waals surface area contributed by atoms with Gasteiger partial charge in [-0.25, -0.2) is 9.11 Å². The Morgan fingerprint density at radius 2 is 2.11 bits per heavy atom. The predicted octanol–water partition coefficient (Wildman–Crippen LogP) is 0.240. The van der Waals surface area contributed by atoms with E-state index in [9.17, 15) is 18.3 Å². The van der Waals surface area contributed by atoms with E-state index in [0.29, 0.717) is 25.9 Å². The number of aliphatic hydroxyl groups is 1. The van der Waals surface area contributed by atoms with Gasteiger partial charge in [-0.15, -0.1) is 0 Å². The lowest BCUT2D eigenvalue weighted by atomic mass is 9.66. The third-order valence-corrected chi connectivity index (χ3v) is 8.02. The number of aliphatic hydroxyl groups excluding tert-OH is 1. The first kappa shape index (κ1) is 19.1. The lowest BCUT2D eigenvalue weighted by molar-refractivity contribution is -0.120. The first-order valence-corrected chi connectivity index (χ1v) is 10.9. The highest BCUT2D eigenvalue weighted by Gasteiger charge is 2.54. The molecule has 0 bridgehead atoms. The van der Waals surface area contributed by atoms with Gasteiger partial charge in [0.1, 0.15) is 6.17 Å². The number of carbonyl (C=O) groups is 1. The van der Waals surface area contributed by atoms with Gasteiger partial charge in [-0.05, 0) is 50.4 Å². The number of rotatable bonds is 4. The molecule has 10 heteroatoms. The van der Waals surface area contributed by atoms with Gasteiger partial charge in [0.25, 0.3) is 0 Å². The maximum absolute atomic E-state index is 15.4. The van der Waals surface area contributed by atoms with E-state index in [2.05, 4.69) is 6.07 Å². The number of carbonyl (C=O) groups excluding carboxylic acids is 1. The lowest BCUT2D eigenvalue weighted by Gasteiger charge is -2.47. The number of alkyl halides is 1. The summed E-state index contributed by atoms with van der Waals surface area (Å²) < 4.78 is 48.1. The van der Waals surface area contributed by atoms with Crippen molar-refractivity contribution in [3.63, 3.8) is 0 Å². The molecule has 1 aliphatic heterocycles. The highest BCUT2D eigenvalue weighted by molar-refractivity contribution is 7.88. The van der Waals surface area contributed by atoms with E-state index in [-0.39, 0.29) is 17.4 Å². The summed E-state index contributed by atoms with van der Waals surface area (Å²) in [5.41, 5.74) is -0.382. The second kappa shape index (κ2) is 6.65. The molecule has 6 atom stereocenters. The summed E-state index contributed by atoms with van der Waals surface area (Å²) in [6.07, 6.45) is 0.968. The Morgan fingerprint density at radius 3 is 2.70 bits per heavy atom. The van der Waals surface area contributed by atoms with Crippen molar-refractivity contribution in [3.05, 3.63) is 0 Å². The maximum Gasteiger partial charge on any atom is 0.304 e. The molecule has 27 heavy (non-hydrogen) atoms. The fourth-order valence-electron chi connectivity index (χ4n) is 4.77. The quantitative estimate of drug-likeness (QED) is 0.696. The van der Waals surface area contributed by atoms with Gasteiger partial charge in [-0.2, -0.15) is 18.0 Å². The normalized spacial score (nSPS) is 42.8. The van der Waals surface area contributed by atoms with Crippen molar-refractivity contribution in [2.24, 2.45) is 17.3 Å². The van der Waals surface area contributed by atoms with Gasteiger partial charge in [0, 0.05) is 0 Å². The summed E-state index contributed by atoms with van der Waals surface area (Å²) in [6.45, 7) is -0.111. The zero-order valence-electron chi connectivity index (χ0n) is 14.9. The van der Waals surface area contributed by atoms with E-state index in [0.717, 1.165) is 23.6 Å². The van der Waals surface area contributed by atoms with Crippen molar-refractivity contribution in [2.45, 2.75) is 62.9 Å². The lowest BCUT2D eigenvalue weighted by Crippen LogP contribution is -2.59. The fraction of sp³-hybridized carbons (Fsp3) is 0.882. The Morgan fingerprint density at radius 1 is 1.37 bits per heavy atom. The van der Waals surface area contributed by atoms with Crippen molar-refractivity contribution in [1.82, 2.24) is 9.03 Å². The Balaban J connectivity index is 1.45. The van der Waals surface area contributed by atoms with Crippen molar-refractivity contribution in [3.8, 4) is 6.07 Å². The van der Waals surface area contributed by atoms with Crippen LogP contribution in [-0.2, 0) is 19.7 Å². The van der Waals surface area contributed by atoms with Crippen LogP contribution in [0.5, 0.6) is 0 Å². The molecule has 3 aliphatic carbocycles. The molecule has 0 aromatic heterocycles. The van der Waals surface area contributed by atoms with Crippen molar-refractivity contribution in [1.29, 1.82) is 5.26 Å². The van der Waals surface area contributed by atoms with Gasteiger partial charge < -0.3 is 9.84 Å². The molecule has 0 radical (unpaired) electrons. The average Bonchev–Trinajstić information content (AvgIpc) is 3.34. The summed E-state index contributed by atoms with van der Waals surface area (Å²) in [7, 11) is -4.11. The number of fused-ring (bicyclic) bond motifs is 1. The van der Waals surface area contributed by atoms with E-state index in [1.165, 1.54) is 0 Å². The standard InChI is InChI=1S/C17H24FN3O5S/c18-15-12-6-11(26-9-17(8-19)3-4-17)2-1-10(12)5-13(22)16(15)21-7-14(23)20-27(21,24)25/h10-13,15-16,22H,1-7,9H2,(H,20,23). The Hall–Kier alpha value is -1.28. The summed E-state index contributed by atoms with van der Waals surface area (Å²) in [4.78, 5) is 11.5. The minimum atomic E-state index is -4.11. The number of amides is 1. The molecule has 4 rings (SSSR count). The number of ether oxygens (including phenoxy) is 1. The third-order valence-electron chi connectivity index (χ3n) is 6.54. The second-order valence-electron chi connectivity index (χ2n) is 8.38. The fourth-order valence-corrected chi connectivity index (χ4v) is 6.11. The van der Waals surface area contributed by atoms with Crippen LogP contribution in [0.25, 0.3) is 0 Å². The molecule has 3 saturated carbocycles. The van der Waals surface area contributed by atoms with E-state index < -0.39 is 46.9 Å². The van der Waals surface area contributed by atoms with Gasteiger partial charge in [0.15, 0.2) is 0 Å². The molecule has 0 aromatic rings. The van der Waals surface area contributed by atoms with E-state index in [1.807, 2.05) is 4.72 Å². The average molecular weight is 401 g/mol. The molecule has 0 aromatic carbocycles. The van der Waals surface area contributed by atoms with Gasteiger partial charge in [0.2, 0.25) is 5.91 Å². The van der Waals surface area contributed by atoms with Gasteiger partial charge in [-0.3, -0.25) is 4.79 Å². The molecule has 4 aliphatic rings. The number of nitriles is 1. The molecule has 6 unspecified atom stereocenters.